The molecule has 184 valence electrons. The van der Waals surface area contributed by atoms with E-state index in [9.17, 15) is 14.2 Å². The third kappa shape index (κ3) is 6.72. The average Bonchev–Trinajstić information content (AvgIpc) is 2.78. The Hall–Kier alpha value is -3.07. The molecule has 3 rings (SSSR count). The van der Waals surface area contributed by atoms with Crippen LogP contribution < -0.4 is 14.8 Å². The summed E-state index contributed by atoms with van der Waals surface area (Å²) in [5.74, 6) is -0.671. The van der Waals surface area contributed by atoms with Gasteiger partial charge in [0.1, 0.15) is 11.5 Å². The first-order valence-electron chi connectivity index (χ1n) is 10.8. The van der Waals surface area contributed by atoms with Gasteiger partial charge in [0.15, 0.2) is 12.2 Å². The summed E-state index contributed by atoms with van der Waals surface area (Å²) in [6.45, 7) is 4.79. The quantitative estimate of drug-likeness (QED) is 0.398. The minimum atomic E-state index is -4.42. The molecule has 0 aliphatic carbocycles. The minimum absolute atomic E-state index is 0.215. The van der Waals surface area contributed by atoms with Crippen molar-refractivity contribution >= 4 is 19.9 Å². The van der Waals surface area contributed by atoms with Crippen LogP contribution in [0.25, 0.3) is 0 Å². The smallest absolute Gasteiger partial charge is 0.453 e. The SMILES string of the molecule is CC[C@@H]1O[C@H](OP(=O)(Oc2ccccc2)Oc2ccccc2)[C@@H](OC(C)=O)[C@@H](OC(N)=O)[C@@H]1C. The maximum atomic E-state index is 13.8. The Balaban J connectivity index is 1.96. The van der Waals surface area contributed by atoms with E-state index in [1.807, 2.05) is 6.92 Å². The number of hydrogen-bond donors (Lipinski definition) is 1. The number of primary amides is 1. The van der Waals surface area contributed by atoms with Crippen molar-refractivity contribution in [2.45, 2.75) is 51.8 Å². The standard InChI is InChI=1S/C23H28NO9P/c1-4-19-15(2)20(30-23(24)26)21(28-16(3)25)22(29-19)33-34(27,31-17-11-7-5-8-12-17)32-18-13-9-6-10-14-18/h5-15,19-22H,4H2,1-3H3,(H2,24,26)/t15-,19+,20+,21+,22-/m1/s1. The van der Waals surface area contributed by atoms with Gasteiger partial charge >= 0.3 is 19.9 Å². The largest absolute Gasteiger partial charge is 0.590 e. The second kappa shape index (κ2) is 11.4. The Morgan fingerprint density at radius 3 is 1.91 bits per heavy atom. The number of carbonyl (C=O) groups excluding carboxylic acids is 2. The third-order valence-corrected chi connectivity index (χ3v) is 6.45. The lowest BCUT2D eigenvalue weighted by Crippen LogP contribution is -2.57. The fourth-order valence-electron chi connectivity index (χ4n) is 3.62. The number of hydrogen-bond acceptors (Lipinski definition) is 9. The fourth-order valence-corrected chi connectivity index (χ4v) is 4.93. The zero-order chi connectivity index (χ0) is 24.7. The van der Waals surface area contributed by atoms with E-state index < -0.39 is 50.4 Å². The molecule has 0 unspecified atom stereocenters. The fraction of sp³-hybridized carbons (Fsp3) is 0.391. The summed E-state index contributed by atoms with van der Waals surface area (Å²) >= 11 is 0. The molecule has 1 saturated heterocycles. The Morgan fingerprint density at radius 2 is 1.47 bits per heavy atom. The van der Waals surface area contributed by atoms with Crippen molar-refractivity contribution in [1.29, 1.82) is 0 Å². The van der Waals surface area contributed by atoms with Gasteiger partial charge in [0, 0.05) is 12.8 Å². The predicted molar refractivity (Wildman–Crippen MR) is 121 cm³/mol. The van der Waals surface area contributed by atoms with E-state index in [1.165, 1.54) is 6.92 Å². The Morgan fingerprint density at radius 1 is 0.941 bits per heavy atom. The first-order chi connectivity index (χ1) is 16.2. The van der Waals surface area contributed by atoms with Crippen LogP contribution in [0.4, 0.5) is 4.79 Å². The zero-order valence-corrected chi connectivity index (χ0v) is 20.0. The van der Waals surface area contributed by atoms with Crippen LogP contribution in [0.15, 0.2) is 60.7 Å². The number of rotatable bonds is 9. The highest BCUT2D eigenvalue weighted by Gasteiger charge is 2.51. The van der Waals surface area contributed by atoms with Crippen LogP contribution in [-0.4, -0.2) is 36.7 Å². The molecule has 11 heteroatoms. The molecule has 10 nitrogen and oxygen atoms in total. The Bertz CT molecular complexity index is 959. The second-order valence-electron chi connectivity index (χ2n) is 7.65. The van der Waals surface area contributed by atoms with Crippen LogP contribution in [0.3, 0.4) is 0 Å². The normalized spacial score (nSPS) is 24.6. The lowest BCUT2D eigenvalue weighted by molar-refractivity contribution is -0.264. The van der Waals surface area contributed by atoms with E-state index in [0.717, 1.165) is 0 Å². The van der Waals surface area contributed by atoms with Crippen molar-refractivity contribution in [3.05, 3.63) is 60.7 Å². The predicted octanol–water partition coefficient (Wildman–Crippen LogP) is 4.44. The second-order valence-corrected chi connectivity index (χ2v) is 9.12. The number of phosphoric ester groups is 1. The van der Waals surface area contributed by atoms with Crippen LogP contribution >= 0.6 is 7.82 Å². The number of para-hydroxylation sites is 2. The van der Waals surface area contributed by atoms with E-state index in [0.29, 0.717) is 6.42 Å². The number of esters is 1. The molecule has 0 aromatic heterocycles. The molecular weight excluding hydrogens is 465 g/mol. The van der Waals surface area contributed by atoms with E-state index in [2.05, 4.69) is 0 Å². The minimum Gasteiger partial charge on any atom is -0.453 e. The van der Waals surface area contributed by atoms with Gasteiger partial charge in [-0.2, -0.15) is 0 Å². The molecule has 2 aromatic rings. The molecule has 5 atom stereocenters. The van der Waals surface area contributed by atoms with Gasteiger partial charge in [-0.3, -0.25) is 4.79 Å². The monoisotopic (exact) mass is 493 g/mol. The van der Waals surface area contributed by atoms with Crippen molar-refractivity contribution < 1.29 is 41.9 Å². The molecule has 2 N–H and O–H groups in total. The summed E-state index contributed by atoms with van der Waals surface area (Å²) < 4.78 is 47.5. The zero-order valence-electron chi connectivity index (χ0n) is 19.1. The molecule has 2 aromatic carbocycles. The lowest BCUT2D eigenvalue weighted by Gasteiger charge is -2.43. The molecule has 34 heavy (non-hydrogen) atoms. The van der Waals surface area contributed by atoms with Crippen LogP contribution in [0.5, 0.6) is 11.5 Å². The Labute approximate surface area is 197 Å². The number of nitrogens with two attached hydrogens (primary N) is 1. The summed E-state index contributed by atoms with van der Waals surface area (Å²) in [4.78, 5) is 23.4. The Kier molecular flexibility index (Phi) is 8.55. The van der Waals surface area contributed by atoms with E-state index in [4.69, 9.17) is 33.5 Å². The van der Waals surface area contributed by atoms with Crippen LogP contribution in [0.1, 0.15) is 27.2 Å². The van der Waals surface area contributed by atoms with Crippen LogP contribution in [0.2, 0.25) is 0 Å². The van der Waals surface area contributed by atoms with Crippen LogP contribution in [0, 0.1) is 5.92 Å². The maximum absolute atomic E-state index is 13.8. The van der Waals surface area contributed by atoms with Gasteiger partial charge in [0.25, 0.3) is 0 Å². The van der Waals surface area contributed by atoms with Gasteiger partial charge in [0.2, 0.25) is 6.29 Å². The van der Waals surface area contributed by atoms with Gasteiger partial charge in [-0.05, 0) is 30.7 Å². The number of amides is 1. The highest BCUT2D eigenvalue weighted by Crippen LogP contribution is 2.52. The summed E-state index contributed by atoms with van der Waals surface area (Å²) in [6.07, 6.45) is -4.82. The highest BCUT2D eigenvalue weighted by atomic mass is 31.2. The van der Waals surface area contributed by atoms with Crippen molar-refractivity contribution in [2.75, 3.05) is 0 Å². The first-order valence-corrected chi connectivity index (χ1v) is 12.2. The third-order valence-electron chi connectivity index (χ3n) is 5.12. The maximum Gasteiger partial charge on any atom is 0.590 e. The van der Waals surface area contributed by atoms with Gasteiger partial charge in [0.05, 0.1) is 6.10 Å². The van der Waals surface area contributed by atoms with E-state index in [-0.39, 0.29) is 11.5 Å². The molecule has 1 aliphatic rings. The van der Waals surface area contributed by atoms with Crippen molar-refractivity contribution in [2.24, 2.45) is 11.7 Å². The summed E-state index contributed by atoms with van der Waals surface area (Å²) in [6, 6.07) is 16.6. The van der Waals surface area contributed by atoms with E-state index >= 15 is 0 Å². The first kappa shape index (κ1) is 25.6. The van der Waals surface area contributed by atoms with Crippen LogP contribution in [-0.2, 0) is 28.1 Å². The number of carbonyl (C=O) groups is 2. The van der Waals surface area contributed by atoms with Gasteiger partial charge in [-0.25, -0.2) is 13.9 Å². The average molecular weight is 493 g/mol. The summed E-state index contributed by atoms with van der Waals surface area (Å²) in [5, 5.41) is 0. The lowest BCUT2D eigenvalue weighted by atomic mass is 9.89. The van der Waals surface area contributed by atoms with Gasteiger partial charge < -0.3 is 29.0 Å². The molecule has 1 amide bonds. The number of ether oxygens (including phenoxy) is 3. The number of phosphoric acid groups is 1. The van der Waals surface area contributed by atoms with Gasteiger partial charge in [-0.15, -0.1) is 0 Å². The molecule has 1 fully saturated rings. The molecule has 0 radical (unpaired) electrons. The molecule has 0 saturated carbocycles. The molecule has 1 heterocycles. The van der Waals surface area contributed by atoms with Crippen molar-refractivity contribution in [3.8, 4) is 11.5 Å². The molecule has 1 aliphatic heterocycles. The van der Waals surface area contributed by atoms with Crippen molar-refractivity contribution in [1.82, 2.24) is 0 Å². The summed E-state index contributed by atoms with van der Waals surface area (Å²) in [5.41, 5.74) is 5.26. The van der Waals surface area contributed by atoms with E-state index in [1.54, 1.807) is 67.6 Å². The molecular formula is C23H28NO9P. The molecule has 0 bridgehead atoms. The molecule has 0 spiro atoms. The van der Waals surface area contributed by atoms with Crippen molar-refractivity contribution in [3.63, 3.8) is 0 Å². The topological polar surface area (TPSA) is 133 Å². The summed E-state index contributed by atoms with van der Waals surface area (Å²) in [7, 11) is -4.42. The number of benzene rings is 2. The van der Waals surface area contributed by atoms with Gasteiger partial charge in [-0.1, -0.05) is 50.2 Å². The highest BCUT2D eigenvalue weighted by molar-refractivity contribution is 7.49.